The Morgan fingerprint density at radius 1 is 1.46 bits per heavy atom. The van der Waals surface area contributed by atoms with Gasteiger partial charge in [0.25, 0.3) is 0 Å². The number of hydrogen-bond acceptors (Lipinski definition) is 2. The summed E-state index contributed by atoms with van der Waals surface area (Å²) in [5.74, 6) is 0. The van der Waals surface area contributed by atoms with Crippen LogP contribution in [0.5, 0.6) is 0 Å². The van der Waals surface area contributed by atoms with Crippen LogP contribution in [0, 0.1) is 6.92 Å². The van der Waals surface area contributed by atoms with Crippen LogP contribution in [0.2, 0.25) is 0 Å². The van der Waals surface area contributed by atoms with Gasteiger partial charge in [-0.05, 0) is 25.5 Å². The number of unbranched alkanes of at least 4 members (excludes halogenated alkanes) is 1. The van der Waals surface area contributed by atoms with Crippen LogP contribution in [-0.4, -0.2) is 0 Å². The summed E-state index contributed by atoms with van der Waals surface area (Å²) in [7, 11) is 0. The van der Waals surface area contributed by atoms with Crippen molar-refractivity contribution in [3.63, 3.8) is 0 Å². The quantitative estimate of drug-likeness (QED) is 0.822. The lowest BCUT2D eigenvalue weighted by atomic mass is 10.1. The Balaban J connectivity index is 0.00000144. The van der Waals surface area contributed by atoms with Gasteiger partial charge in [0.2, 0.25) is 0 Å². The number of halogens is 1. The predicted molar refractivity (Wildman–Crippen MR) is 62.8 cm³/mol. The Hall–Kier alpha value is -0.0500. The van der Waals surface area contributed by atoms with Crippen LogP contribution in [-0.2, 0) is 0 Å². The molecule has 0 saturated heterocycles. The molecule has 0 aliphatic heterocycles. The molecule has 0 bridgehead atoms. The molecule has 0 aromatic carbocycles. The molecule has 76 valence electrons. The van der Waals surface area contributed by atoms with Gasteiger partial charge in [0, 0.05) is 15.8 Å². The highest BCUT2D eigenvalue weighted by Crippen LogP contribution is 2.24. The molecular formula is C10H18ClNS. The number of aryl methyl sites for hydroxylation is 1. The van der Waals surface area contributed by atoms with Crippen molar-refractivity contribution in [2.45, 2.75) is 39.2 Å². The maximum absolute atomic E-state index is 6.00. The minimum atomic E-state index is 0. The Morgan fingerprint density at radius 2 is 2.15 bits per heavy atom. The zero-order valence-corrected chi connectivity index (χ0v) is 9.88. The van der Waals surface area contributed by atoms with Crippen LogP contribution in [0.25, 0.3) is 0 Å². The minimum Gasteiger partial charge on any atom is -0.323 e. The zero-order chi connectivity index (χ0) is 8.97. The van der Waals surface area contributed by atoms with E-state index in [1.165, 1.54) is 22.6 Å². The standard InChI is InChI=1S/C10H17NS.ClH/c1-3-4-5-9(11)10-7-6-8(2)12-10;/h6-7,9H,3-5,11H2,1-2H3;1H/t9-;/m0./s1. The van der Waals surface area contributed by atoms with Crippen molar-refractivity contribution in [3.05, 3.63) is 21.9 Å². The van der Waals surface area contributed by atoms with Crippen molar-refractivity contribution in [2.24, 2.45) is 5.73 Å². The topological polar surface area (TPSA) is 26.0 Å². The van der Waals surface area contributed by atoms with Crippen molar-refractivity contribution in [1.82, 2.24) is 0 Å². The Morgan fingerprint density at radius 3 is 2.62 bits per heavy atom. The molecule has 0 amide bonds. The van der Waals surface area contributed by atoms with Gasteiger partial charge in [0.15, 0.2) is 0 Å². The highest BCUT2D eigenvalue weighted by Gasteiger charge is 2.06. The summed E-state index contributed by atoms with van der Waals surface area (Å²) < 4.78 is 0. The van der Waals surface area contributed by atoms with Crippen molar-refractivity contribution in [3.8, 4) is 0 Å². The van der Waals surface area contributed by atoms with E-state index in [0.29, 0.717) is 0 Å². The fraction of sp³-hybridized carbons (Fsp3) is 0.600. The van der Waals surface area contributed by atoms with E-state index in [-0.39, 0.29) is 18.4 Å². The fourth-order valence-electron chi connectivity index (χ4n) is 1.22. The lowest BCUT2D eigenvalue weighted by Crippen LogP contribution is -2.07. The van der Waals surface area contributed by atoms with Crippen molar-refractivity contribution >= 4 is 23.7 Å². The highest BCUT2D eigenvalue weighted by atomic mass is 35.5. The predicted octanol–water partition coefficient (Wildman–Crippen LogP) is 3.67. The van der Waals surface area contributed by atoms with Crippen LogP contribution in [0.3, 0.4) is 0 Å². The summed E-state index contributed by atoms with van der Waals surface area (Å²) >= 11 is 1.82. The van der Waals surface area contributed by atoms with Gasteiger partial charge in [-0.3, -0.25) is 0 Å². The molecule has 0 unspecified atom stereocenters. The van der Waals surface area contributed by atoms with Gasteiger partial charge >= 0.3 is 0 Å². The first-order valence-corrected chi connectivity index (χ1v) is 5.37. The van der Waals surface area contributed by atoms with Gasteiger partial charge in [-0.15, -0.1) is 23.7 Å². The van der Waals surface area contributed by atoms with E-state index in [4.69, 9.17) is 5.73 Å². The number of hydrogen-bond donors (Lipinski definition) is 1. The lowest BCUT2D eigenvalue weighted by Gasteiger charge is -2.07. The van der Waals surface area contributed by atoms with E-state index >= 15 is 0 Å². The first-order chi connectivity index (χ1) is 5.74. The maximum atomic E-state index is 6.00. The average Bonchev–Trinajstić information content (AvgIpc) is 2.47. The molecule has 1 nitrogen and oxygen atoms in total. The molecule has 1 rings (SSSR count). The lowest BCUT2D eigenvalue weighted by molar-refractivity contribution is 0.611. The number of rotatable bonds is 4. The molecule has 0 aliphatic rings. The van der Waals surface area contributed by atoms with Crippen LogP contribution < -0.4 is 5.73 Å². The maximum Gasteiger partial charge on any atom is 0.0389 e. The first-order valence-electron chi connectivity index (χ1n) is 4.56. The smallest absolute Gasteiger partial charge is 0.0389 e. The summed E-state index contributed by atoms with van der Waals surface area (Å²) in [6.07, 6.45) is 3.59. The van der Waals surface area contributed by atoms with E-state index in [1.807, 2.05) is 11.3 Å². The third-order valence-electron chi connectivity index (χ3n) is 2.00. The van der Waals surface area contributed by atoms with E-state index in [0.717, 1.165) is 6.42 Å². The molecule has 0 saturated carbocycles. The van der Waals surface area contributed by atoms with Crippen LogP contribution >= 0.6 is 23.7 Å². The van der Waals surface area contributed by atoms with Crippen molar-refractivity contribution < 1.29 is 0 Å². The molecular weight excluding hydrogens is 202 g/mol. The molecule has 1 aromatic heterocycles. The van der Waals surface area contributed by atoms with Crippen molar-refractivity contribution in [1.29, 1.82) is 0 Å². The molecule has 1 atom stereocenters. The SMILES string of the molecule is CCCC[C@H](N)c1ccc(C)s1.Cl. The van der Waals surface area contributed by atoms with E-state index in [9.17, 15) is 0 Å². The molecule has 3 heteroatoms. The Labute approximate surface area is 90.8 Å². The normalized spacial score (nSPS) is 12.2. The first kappa shape index (κ1) is 12.9. The van der Waals surface area contributed by atoms with E-state index in [2.05, 4.69) is 26.0 Å². The molecule has 1 heterocycles. The Bertz CT molecular complexity index is 235. The molecule has 13 heavy (non-hydrogen) atoms. The third-order valence-corrected chi connectivity index (χ3v) is 3.13. The van der Waals surface area contributed by atoms with Crippen LogP contribution in [0.1, 0.15) is 42.0 Å². The van der Waals surface area contributed by atoms with Gasteiger partial charge in [-0.25, -0.2) is 0 Å². The van der Waals surface area contributed by atoms with Crippen LogP contribution in [0.15, 0.2) is 12.1 Å². The van der Waals surface area contributed by atoms with Gasteiger partial charge in [-0.1, -0.05) is 19.8 Å². The van der Waals surface area contributed by atoms with Gasteiger partial charge in [0.1, 0.15) is 0 Å². The number of thiophene rings is 1. The van der Waals surface area contributed by atoms with E-state index in [1.54, 1.807) is 0 Å². The van der Waals surface area contributed by atoms with Crippen LogP contribution in [0.4, 0.5) is 0 Å². The summed E-state index contributed by atoms with van der Waals surface area (Å²) in [5, 5.41) is 0. The van der Waals surface area contributed by atoms with E-state index < -0.39 is 0 Å². The monoisotopic (exact) mass is 219 g/mol. The largest absolute Gasteiger partial charge is 0.323 e. The molecule has 0 radical (unpaired) electrons. The average molecular weight is 220 g/mol. The summed E-state index contributed by atoms with van der Waals surface area (Å²) in [6.45, 7) is 4.33. The highest BCUT2D eigenvalue weighted by molar-refractivity contribution is 7.12. The molecule has 0 aliphatic carbocycles. The van der Waals surface area contributed by atoms with Gasteiger partial charge < -0.3 is 5.73 Å². The minimum absolute atomic E-state index is 0. The Kier molecular flexibility index (Phi) is 6.39. The summed E-state index contributed by atoms with van der Waals surface area (Å²) in [5.41, 5.74) is 6.00. The number of nitrogens with two attached hydrogens (primary N) is 1. The second kappa shape index (κ2) is 6.41. The molecule has 1 aromatic rings. The fourth-order valence-corrected chi connectivity index (χ4v) is 2.13. The summed E-state index contributed by atoms with van der Waals surface area (Å²) in [6, 6.07) is 4.57. The van der Waals surface area contributed by atoms with Gasteiger partial charge in [0.05, 0.1) is 0 Å². The summed E-state index contributed by atoms with van der Waals surface area (Å²) in [4.78, 5) is 2.69. The zero-order valence-electron chi connectivity index (χ0n) is 8.25. The van der Waals surface area contributed by atoms with Gasteiger partial charge in [-0.2, -0.15) is 0 Å². The molecule has 0 spiro atoms. The second-order valence-electron chi connectivity index (χ2n) is 3.20. The molecule has 0 fully saturated rings. The second-order valence-corrected chi connectivity index (χ2v) is 4.52. The molecule has 2 N–H and O–H groups in total. The third kappa shape index (κ3) is 4.12. The van der Waals surface area contributed by atoms with Crippen molar-refractivity contribution in [2.75, 3.05) is 0 Å².